The highest BCUT2D eigenvalue weighted by Crippen LogP contribution is 2.31. The van der Waals surface area contributed by atoms with E-state index in [2.05, 4.69) is 44.9 Å². The maximum Gasteiger partial charge on any atom is 0.140 e. The first kappa shape index (κ1) is 15.2. The van der Waals surface area contributed by atoms with E-state index in [4.69, 9.17) is 4.74 Å². The molecule has 0 radical (unpaired) electrons. The third-order valence-electron chi connectivity index (χ3n) is 4.43. The van der Waals surface area contributed by atoms with Crippen LogP contribution in [0.1, 0.15) is 4.88 Å². The molecule has 124 valence electrons. The van der Waals surface area contributed by atoms with Gasteiger partial charge in [-0.05, 0) is 25.1 Å². The number of anilines is 2. The molecule has 0 aliphatic carbocycles. The summed E-state index contributed by atoms with van der Waals surface area (Å²) in [6, 6.07) is 10.5. The SMILES string of the molecule is COc1cccc(N2CCN(c3ncnc4sc(C)cc34)CC2)c1. The Morgan fingerprint density at radius 3 is 2.62 bits per heavy atom. The molecule has 1 aliphatic rings. The molecular weight excluding hydrogens is 320 g/mol. The highest BCUT2D eigenvalue weighted by atomic mass is 32.1. The lowest BCUT2D eigenvalue weighted by atomic mass is 10.2. The molecule has 3 heterocycles. The van der Waals surface area contributed by atoms with Crippen molar-refractivity contribution in [2.24, 2.45) is 0 Å². The fourth-order valence-corrected chi connectivity index (χ4v) is 4.04. The van der Waals surface area contributed by atoms with Gasteiger partial charge in [-0.1, -0.05) is 6.07 Å². The maximum absolute atomic E-state index is 5.33. The average molecular weight is 340 g/mol. The summed E-state index contributed by atoms with van der Waals surface area (Å²) < 4.78 is 5.33. The molecule has 5 nitrogen and oxygen atoms in total. The van der Waals surface area contributed by atoms with Crippen molar-refractivity contribution < 1.29 is 4.74 Å². The smallest absolute Gasteiger partial charge is 0.140 e. The number of hydrogen-bond donors (Lipinski definition) is 0. The van der Waals surface area contributed by atoms with Crippen LogP contribution in [0.15, 0.2) is 36.7 Å². The van der Waals surface area contributed by atoms with Crippen LogP contribution in [0.4, 0.5) is 11.5 Å². The summed E-state index contributed by atoms with van der Waals surface area (Å²) in [7, 11) is 1.71. The van der Waals surface area contributed by atoms with E-state index in [0.717, 1.165) is 42.6 Å². The normalized spacial score (nSPS) is 15.1. The van der Waals surface area contributed by atoms with E-state index in [1.165, 1.54) is 16.0 Å². The van der Waals surface area contributed by atoms with Gasteiger partial charge in [0.25, 0.3) is 0 Å². The summed E-state index contributed by atoms with van der Waals surface area (Å²) in [4.78, 5) is 16.1. The summed E-state index contributed by atoms with van der Waals surface area (Å²) in [5.74, 6) is 1.97. The van der Waals surface area contributed by atoms with Gasteiger partial charge in [0.05, 0.1) is 12.5 Å². The zero-order chi connectivity index (χ0) is 16.5. The molecule has 0 amide bonds. The fourth-order valence-electron chi connectivity index (χ4n) is 3.20. The molecule has 2 aromatic heterocycles. The molecule has 0 saturated carbocycles. The molecule has 0 N–H and O–H groups in total. The number of aromatic nitrogens is 2. The largest absolute Gasteiger partial charge is 0.497 e. The molecule has 1 fully saturated rings. The summed E-state index contributed by atoms with van der Waals surface area (Å²) in [5, 5.41) is 1.18. The van der Waals surface area contributed by atoms with Crippen molar-refractivity contribution in [1.82, 2.24) is 9.97 Å². The van der Waals surface area contributed by atoms with Gasteiger partial charge in [-0.15, -0.1) is 11.3 Å². The van der Waals surface area contributed by atoms with Gasteiger partial charge >= 0.3 is 0 Å². The first-order valence-corrected chi connectivity index (χ1v) is 8.91. The van der Waals surface area contributed by atoms with E-state index < -0.39 is 0 Å². The van der Waals surface area contributed by atoms with Gasteiger partial charge in [-0.25, -0.2) is 9.97 Å². The molecule has 0 atom stereocenters. The molecule has 24 heavy (non-hydrogen) atoms. The molecular formula is C18H20N4OS. The second kappa shape index (κ2) is 6.28. The molecule has 0 spiro atoms. The van der Waals surface area contributed by atoms with Crippen molar-refractivity contribution in [3.8, 4) is 5.75 Å². The van der Waals surface area contributed by atoms with Gasteiger partial charge < -0.3 is 14.5 Å². The van der Waals surface area contributed by atoms with Crippen molar-refractivity contribution in [3.05, 3.63) is 41.5 Å². The number of benzene rings is 1. The van der Waals surface area contributed by atoms with E-state index >= 15 is 0 Å². The second-order valence-electron chi connectivity index (χ2n) is 5.95. The van der Waals surface area contributed by atoms with Crippen LogP contribution in [0, 0.1) is 6.92 Å². The minimum atomic E-state index is 0.904. The lowest BCUT2D eigenvalue weighted by molar-refractivity contribution is 0.414. The van der Waals surface area contributed by atoms with Crippen LogP contribution in [0.3, 0.4) is 0 Å². The second-order valence-corrected chi connectivity index (χ2v) is 7.18. The summed E-state index contributed by atoms with van der Waals surface area (Å²) in [6.07, 6.45) is 1.68. The molecule has 1 aromatic carbocycles. The number of methoxy groups -OCH3 is 1. The van der Waals surface area contributed by atoms with E-state index in [1.807, 2.05) is 12.1 Å². The third-order valence-corrected chi connectivity index (χ3v) is 5.39. The Kier molecular flexibility index (Phi) is 3.98. The highest BCUT2D eigenvalue weighted by Gasteiger charge is 2.21. The Balaban J connectivity index is 1.53. The lowest BCUT2D eigenvalue weighted by Crippen LogP contribution is -2.46. The van der Waals surface area contributed by atoms with Crippen LogP contribution < -0.4 is 14.5 Å². The van der Waals surface area contributed by atoms with E-state index in [9.17, 15) is 0 Å². The fraction of sp³-hybridized carbons (Fsp3) is 0.333. The average Bonchev–Trinajstić information content (AvgIpc) is 3.02. The number of thiophene rings is 1. The maximum atomic E-state index is 5.33. The Hall–Kier alpha value is -2.34. The summed E-state index contributed by atoms with van der Waals surface area (Å²) in [6.45, 7) is 5.98. The van der Waals surface area contributed by atoms with E-state index in [1.54, 1.807) is 24.8 Å². The minimum absolute atomic E-state index is 0.904. The number of fused-ring (bicyclic) bond motifs is 1. The number of nitrogens with zero attached hydrogens (tertiary/aromatic N) is 4. The van der Waals surface area contributed by atoms with Crippen molar-refractivity contribution in [1.29, 1.82) is 0 Å². The molecule has 1 aliphatic heterocycles. The molecule has 1 saturated heterocycles. The third kappa shape index (κ3) is 2.78. The molecule has 6 heteroatoms. The van der Waals surface area contributed by atoms with Gasteiger partial charge in [0.15, 0.2) is 0 Å². The Labute approximate surface area is 145 Å². The van der Waals surface area contributed by atoms with Gasteiger partial charge in [-0.3, -0.25) is 0 Å². The number of hydrogen-bond acceptors (Lipinski definition) is 6. The molecule has 0 unspecified atom stereocenters. The Bertz CT molecular complexity index is 855. The van der Waals surface area contributed by atoms with Crippen LogP contribution in [-0.4, -0.2) is 43.3 Å². The zero-order valence-corrected chi connectivity index (χ0v) is 14.7. The number of piperazine rings is 1. The van der Waals surface area contributed by atoms with Crippen LogP contribution in [0.5, 0.6) is 5.75 Å². The standard InChI is InChI=1S/C18H20N4OS/c1-13-10-16-17(19-12-20-18(16)24-13)22-8-6-21(7-9-22)14-4-3-5-15(11-14)23-2/h3-5,10-12H,6-9H2,1-2H3. The van der Waals surface area contributed by atoms with Crippen molar-refractivity contribution in [2.45, 2.75) is 6.92 Å². The summed E-state index contributed by atoms with van der Waals surface area (Å²) in [5.41, 5.74) is 1.22. The first-order chi connectivity index (χ1) is 11.7. The van der Waals surface area contributed by atoms with E-state index in [0.29, 0.717) is 0 Å². The summed E-state index contributed by atoms with van der Waals surface area (Å²) >= 11 is 1.73. The predicted molar refractivity (Wildman–Crippen MR) is 99.6 cm³/mol. The van der Waals surface area contributed by atoms with Crippen LogP contribution >= 0.6 is 11.3 Å². The van der Waals surface area contributed by atoms with Crippen molar-refractivity contribution in [2.75, 3.05) is 43.1 Å². The van der Waals surface area contributed by atoms with Crippen LogP contribution in [-0.2, 0) is 0 Å². The van der Waals surface area contributed by atoms with Gasteiger partial charge in [0.2, 0.25) is 0 Å². The predicted octanol–water partition coefficient (Wildman–Crippen LogP) is 3.33. The van der Waals surface area contributed by atoms with Crippen LogP contribution in [0.25, 0.3) is 10.2 Å². The molecule has 0 bridgehead atoms. The highest BCUT2D eigenvalue weighted by molar-refractivity contribution is 7.18. The Morgan fingerprint density at radius 2 is 1.83 bits per heavy atom. The molecule has 4 rings (SSSR count). The van der Waals surface area contributed by atoms with Crippen LogP contribution in [0.2, 0.25) is 0 Å². The van der Waals surface area contributed by atoms with Crippen molar-refractivity contribution >= 4 is 33.1 Å². The molecule has 3 aromatic rings. The van der Waals surface area contributed by atoms with E-state index in [-0.39, 0.29) is 0 Å². The number of ether oxygens (including phenoxy) is 1. The topological polar surface area (TPSA) is 41.5 Å². The monoisotopic (exact) mass is 340 g/mol. The van der Waals surface area contributed by atoms with Gasteiger partial charge in [0, 0.05) is 42.8 Å². The first-order valence-electron chi connectivity index (χ1n) is 8.10. The minimum Gasteiger partial charge on any atom is -0.497 e. The lowest BCUT2D eigenvalue weighted by Gasteiger charge is -2.37. The quantitative estimate of drug-likeness (QED) is 0.731. The zero-order valence-electron chi connectivity index (χ0n) is 13.9. The van der Waals surface area contributed by atoms with Gasteiger partial charge in [-0.2, -0.15) is 0 Å². The number of aryl methyl sites for hydroxylation is 1. The van der Waals surface area contributed by atoms with Gasteiger partial charge in [0.1, 0.15) is 22.7 Å². The Morgan fingerprint density at radius 1 is 1.04 bits per heavy atom. The number of rotatable bonds is 3. The van der Waals surface area contributed by atoms with Crippen molar-refractivity contribution in [3.63, 3.8) is 0 Å².